The molecule has 1 aliphatic carbocycles. The Kier molecular flexibility index (Phi) is 3.82. The summed E-state index contributed by atoms with van der Waals surface area (Å²) in [6, 6.07) is 0.234. The van der Waals surface area contributed by atoms with Gasteiger partial charge in [-0.25, -0.2) is 0 Å². The third-order valence-corrected chi connectivity index (χ3v) is 3.79. The number of carboxylic acid groups (broad SMARTS) is 1. The molecule has 0 aromatic carbocycles. The number of carbonyl (C=O) groups is 1. The van der Waals surface area contributed by atoms with Crippen molar-refractivity contribution in [3.63, 3.8) is 0 Å². The van der Waals surface area contributed by atoms with Gasteiger partial charge in [-0.3, -0.25) is 9.69 Å². The highest BCUT2D eigenvalue weighted by atomic mass is 16.5. The van der Waals surface area contributed by atoms with Crippen molar-refractivity contribution in [3.8, 4) is 0 Å². The van der Waals surface area contributed by atoms with Crippen molar-refractivity contribution < 1.29 is 14.6 Å². The standard InChI is InChI=1S/C12H21NO3/c1-9-8-13(6-7-16-9)11-5-3-2-4-10(11)12(14)15/h9-11H,2-8H2,1H3,(H,14,15). The van der Waals surface area contributed by atoms with E-state index in [9.17, 15) is 9.90 Å². The molecule has 1 N–H and O–H groups in total. The van der Waals surface area contributed by atoms with Crippen LogP contribution in [0.2, 0.25) is 0 Å². The Balaban J connectivity index is 2.01. The van der Waals surface area contributed by atoms with E-state index in [0.29, 0.717) is 0 Å². The molecule has 1 heterocycles. The maximum atomic E-state index is 11.2. The summed E-state index contributed by atoms with van der Waals surface area (Å²) in [7, 11) is 0. The predicted octanol–water partition coefficient (Wildman–Crippen LogP) is 1.35. The van der Waals surface area contributed by atoms with Gasteiger partial charge in [-0.2, -0.15) is 0 Å². The van der Waals surface area contributed by atoms with Gasteiger partial charge in [0.1, 0.15) is 0 Å². The molecule has 4 heteroatoms. The first-order valence-corrected chi connectivity index (χ1v) is 6.27. The monoisotopic (exact) mass is 227 g/mol. The van der Waals surface area contributed by atoms with Crippen LogP contribution in [0.4, 0.5) is 0 Å². The van der Waals surface area contributed by atoms with E-state index in [4.69, 9.17) is 4.74 Å². The van der Waals surface area contributed by atoms with Crippen LogP contribution >= 0.6 is 0 Å². The molecular formula is C12H21NO3. The van der Waals surface area contributed by atoms with Crippen molar-refractivity contribution in [2.75, 3.05) is 19.7 Å². The lowest BCUT2D eigenvalue weighted by molar-refractivity contribution is -0.147. The van der Waals surface area contributed by atoms with E-state index in [0.717, 1.165) is 39.0 Å². The first-order valence-electron chi connectivity index (χ1n) is 6.27. The van der Waals surface area contributed by atoms with Crippen molar-refractivity contribution >= 4 is 5.97 Å². The Morgan fingerprint density at radius 1 is 1.38 bits per heavy atom. The third-order valence-electron chi connectivity index (χ3n) is 3.79. The molecular weight excluding hydrogens is 206 g/mol. The second-order valence-corrected chi connectivity index (χ2v) is 4.97. The molecule has 2 fully saturated rings. The zero-order valence-electron chi connectivity index (χ0n) is 9.89. The first kappa shape index (κ1) is 11.9. The fraction of sp³-hybridized carbons (Fsp3) is 0.917. The molecule has 16 heavy (non-hydrogen) atoms. The number of ether oxygens (including phenoxy) is 1. The zero-order chi connectivity index (χ0) is 11.5. The van der Waals surface area contributed by atoms with Crippen molar-refractivity contribution in [3.05, 3.63) is 0 Å². The minimum Gasteiger partial charge on any atom is -0.481 e. The molecule has 0 spiro atoms. The van der Waals surface area contributed by atoms with Crippen LogP contribution in [0.1, 0.15) is 32.6 Å². The van der Waals surface area contributed by atoms with Crippen LogP contribution in [0, 0.1) is 5.92 Å². The van der Waals surface area contributed by atoms with Crippen LogP contribution in [-0.4, -0.2) is 47.8 Å². The minimum absolute atomic E-state index is 0.168. The average molecular weight is 227 g/mol. The van der Waals surface area contributed by atoms with Gasteiger partial charge in [0.2, 0.25) is 0 Å². The van der Waals surface area contributed by atoms with E-state index in [2.05, 4.69) is 11.8 Å². The quantitative estimate of drug-likeness (QED) is 0.773. The van der Waals surface area contributed by atoms with Gasteiger partial charge in [-0.1, -0.05) is 12.8 Å². The van der Waals surface area contributed by atoms with Gasteiger partial charge in [0.25, 0.3) is 0 Å². The summed E-state index contributed by atoms with van der Waals surface area (Å²) in [4.78, 5) is 13.6. The second kappa shape index (κ2) is 5.15. The summed E-state index contributed by atoms with van der Waals surface area (Å²) in [5.74, 6) is -0.789. The normalized spacial score (nSPS) is 37.2. The van der Waals surface area contributed by atoms with Crippen LogP contribution in [0.15, 0.2) is 0 Å². The summed E-state index contributed by atoms with van der Waals surface area (Å²) in [6.07, 6.45) is 4.34. The number of carboxylic acids is 1. The van der Waals surface area contributed by atoms with E-state index < -0.39 is 5.97 Å². The van der Waals surface area contributed by atoms with Gasteiger partial charge in [0.15, 0.2) is 0 Å². The van der Waals surface area contributed by atoms with Gasteiger partial charge in [-0.05, 0) is 19.8 Å². The molecule has 92 valence electrons. The molecule has 0 radical (unpaired) electrons. The number of aliphatic carboxylic acids is 1. The van der Waals surface area contributed by atoms with E-state index in [1.165, 1.54) is 6.42 Å². The summed E-state index contributed by atoms with van der Waals surface area (Å²) >= 11 is 0. The lowest BCUT2D eigenvalue weighted by Crippen LogP contribution is -2.52. The summed E-state index contributed by atoms with van der Waals surface area (Å²) in [6.45, 7) is 4.57. The molecule has 4 nitrogen and oxygen atoms in total. The fourth-order valence-corrected chi connectivity index (χ4v) is 2.98. The van der Waals surface area contributed by atoms with E-state index in [-0.39, 0.29) is 18.1 Å². The van der Waals surface area contributed by atoms with Crippen LogP contribution in [-0.2, 0) is 9.53 Å². The molecule has 2 aliphatic rings. The second-order valence-electron chi connectivity index (χ2n) is 4.97. The predicted molar refractivity (Wildman–Crippen MR) is 60.4 cm³/mol. The van der Waals surface area contributed by atoms with Gasteiger partial charge in [0, 0.05) is 19.1 Å². The number of rotatable bonds is 2. The van der Waals surface area contributed by atoms with Gasteiger partial charge in [0.05, 0.1) is 18.6 Å². The molecule has 3 atom stereocenters. The SMILES string of the molecule is CC1CN(C2CCCCC2C(=O)O)CCO1. The molecule has 1 saturated heterocycles. The summed E-state index contributed by atoms with van der Waals surface area (Å²) in [5.41, 5.74) is 0. The van der Waals surface area contributed by atoms with Crippen molar-refractivity contribution in [1.29, 1.82) is 0 Å². The highest BCUT2D eigenvalue weighted by Gasteiger charge is 2.36. The van der Waals surface area contributed by atoms with Crippen LogP contribution in [0.25, 0.3) is 0 Å². The largest absolute Gasteiger partial charge is 0.481 e. The maximum absolute atomic E-state index is 11.2. The Morgan fingerprint density at radius 3 is 2.81 bits per heavy atom. The number of morpholine rings is 1. The molecule has 1 aliphatic heterocycles. The smallest absolute Gasteiger partial charge is 0.308 e. The molecule has 0 aromatic rings. The molecule has 0 amide bonds. The third kappa shape index (κ3) is 2.55. The van der Waals surface area contributed by atoms with E-state index in [1.54, 1.807) is 0 Å². The Labute approximate surface area is 96.6 Å². The Bertz CT molecular complexity index is 257. The summed E-state index contributed by atoms with van der Waals surface area (Å²) in [5, 5.41) is 9.25. The molecule has 3 unspecified atom stereocenters. The van der Waals surface area contributed by atoms with Gasteiger partial charge < -0.3 is 9.84 Å². The van der Waals surface area contributed by atoms with Crippen molar-refractivity contribution in [2.24, 2.45) is 5.92 Å². The number of hydrogen-bond donors (Lipinski definition) is 1. The lowest BCUT2D eigenvalue weighted by Gasteiger charge is -2.41. The molecule has 0 bridgehead atoms. The molecule has 0 aromatic heterocycles. The zero-order valence-corrected chi connectivity index (χ0v) is 9.89. The van der Waals surface area contributed by atoms with Crippen molar-refractivity contribution in [2.45, 2.75) is 44.8 Å². The van der Waals surface area contributed by atoms with Crippen molar-refractivity contribution in [1.82, 2.24) is 4.90 Å². The highest BCUT2D eigenvalue weighted by molar-refractivity contribution is 5.71. The minimum atomic E-state index is -0.621. The molecule has 2 rings (SSSR count). The molecule has 1 saturated carbocycles. The average Bonchev–Trinajstić information content (AvgIpc) is 2.29. The maximum Gasteiger partial charge on any atom is 0.308 e. The summed E-state index contributed by atoms with van der Waals surface area (Å²) < 4.78 is 5.51. The Morgan fingerprint density at radius 2 is 2.12 bits per heavy atom. The van der Waals surface area contributed by atoms with Crippen LogP contribution in [0.3, 0.4) is 0 Å². The highest BCUT2D eigenvalue weighted by Crippen LogP contribution is 2.29. The van der Waals surface area contributed by atoms with E-state index >= 15 is 0 Å². The lowest BCUT2D eigenvalue weighted by atomic mass is 9.83. The fourth-order valence-electron chi connectivity index (χ4n) is 2.98. The van der Waals surface area contributed by atoms with Gasteiger partial charge >= 0.3 is 5.97 Å². The topological polar surface area (TPSA) is 49.8 Å². The van der Waals surface area contributed by atoms with Crippen LogP contribution in [0.5, 0.6) is 0 Å². The van der Waals surface area contributed by atoms with Gasteiger partial charge in [-0.15, -0.1) is 0 Å². The Hall–Kier alpha value is -0.610. The number of hydrogen-bond acceptors (Lipinski definition) is 3. The van der Waals surface area contributed by atoms with Crippen LogP contribution < -0.4 is 0 Å². The number of nitrogens with zero attached hydrogens (tertiary/aromatic N) is 1. The first-order chi connectivity index (χ1) is 7.68. The van der Waals surface area contributed by atoms with E-state index in [1.807, 2.05) is 0 Å².